The fraction of sp³-hybridized carbons (Fsp3) is 0.429. The first-order valence-electron chi connectivity index (χ1n) is 6.34. The fourth-order valence-electron chi connectivity index (χ4n) is 1.60. The van der Waals surface area contributed by atoms with Gasteiger partial charge in [-0.3, -0.25) is 10.1 Å². The van der Waals surface area contributed by atoms with Crippen molar-refractivity contribution in [3.63, 3.8) is 0 Å². The van der Waals surface area contributed by atoms with Crippen LogP contribution in [0.3, 0.4) is 0 Å². The van der Waals surface area contributed by atoms with E-state index in [9.17, 15) is 10.1 Å². The molecule has 1 rings (SSSR count). The number of hydrogen-bond acceptors (Lipinski definition) is 4. The predicted molar refractivity (Wildman–Crippen MR) is 76.8 cm³/mol. The Kier molecular flexibility index (Phi) is 5.85. The number of rotatable bonds is 7. The number of nitrogens with one attached hydrogen (secondary N) is 1. The van der Waals surface area contributed by atoms with Crippen molar-refractivity contribution in [3.8, 4) is 5.75 Å². The first kappa shape index (κ1) is 15.0. The second-order valence-corrected chi connectivity index (χ2v) is 4.42. The van der Waals surface area contributed by atoms with Crippen molar-refractivity contribution in [2.45, 2.75) is 33.3 Å². The van der Waals surface area contributed by atoms with Gasteiger partial charge in [-0.25, -0.2) is 0 Å². The molecular weight excluding hydrogens is 244 g/mol. The van der Waals surface area contributed by atoms with Gasteiger partial charge >= 0.3 is 0 Å². The first-order chi connectivity index (χ1) is 9.02. The van der Waals surface area contributed by atoms with Crippen molar-refractivity contribution in [3.05, 3.63) is 40.5 Å². The van der Waals surface area contributed by atoms with E-state index in [1.807, 2.05) is 32.9 Å². The van der Waals surface area contributed by atoms with Gasteiger partial charge in [0.2, 0.25) is 0 Å². The number of benzene rings is 1. The molecule has 0 unspecified atom stereocenters. The van der Waals surface area contributed by atoms with E-state index in [1.165, 1.54) is 12.1 Å². The van der Waals surface area contributed by atoms with E-state index in [0.29, 0.717) is 11.4 Å². The highest BCUT2D eigenvalue weighted by atomic mass is 16.6. The van der Waals surface area contributed by atoms with Gasteiger partial charge in [-0.2, -0.15) is 0 Å². The van der Waals surface area contributed by atoms with E-state index in [1.54, 1.807) is 6.07 Å². The van der Waals surface area contributed by atoms with E-state index >= 15 is 0 Å². The van der Waals surface area contributed by atoms with E-state index in [-0.39, 0.29) is 11.8 Å². The molecule has 1 N–H and O–H groups in total. The minimum atomic E-state index is -0.412. The molecule has 0 radical (unpaired) electrons. The Balaban J connectivity index is 2.83. The van der Waals surface area contributed by atoms with Crippen molar-refractivity contribution in [1.82, 2.24) is 0 Å². The van der Waals surface area contributed by atoms with Crippen LogP contribution in [-0.2, 0) is 0 Å². The molecule has 0 aliphatic carbocycles. The highest BCUT2D eigenvalue weighted by Crippen LogP contribution is 2.26. The van der Waals surface area contributed by atoms with Crippen LogP contribution in [0.5, 0.6) is 5.75 Å². The molecule has 0 amide bonds. The van der Waals surface area contributed by atoms with Gasteiger partial charge in [0, 0.05) is 24.4 Å². The summed E-state index contributed by atoms with van der Waals surface area (Å²) in [4.78, 5) is 10.5. The van der Waals surface area contributed by atoms with Gasteiger partial charge < -0.3 is 10.1 Å². The van der Waals surface area contributed by atoms with Gasteiger partial charge in [0.1, 0.15) is 5.75 Å². The Morgan fingerprint density at radius 2 is 2.16 bits per heavy atom. The molecule has 104 valence electrons. The fourth-order valence-corrected chi connectivity index (χ4v) is 1.60. The molecule has 0 heterocycles. The maximum Gasteiger partial charge on any atom is 0.275 e. The second kappa shape index (κ2) is 7.41. The average Bonchev–Trinajstić information content (AvgIpc) is 2.33. The quantitative estimate of drug-likeness (QED) is 0.352. The molecule has 0 spiro atoms. The van der Waals surface area contributed by atoms with E-state index < -0.39 is 4.92 Å². The van der Waals surface area contributed by atoms with E-state index in [2.05, 4.69) is 5.32 Å². The van der Waals surface area contributed by atoms with Crippen LogP contribution < -0.4 is 10.1 Å². The van der Waals surface area contributed by atoms with Crippen LogP contribution in [0.1, 0.15) is 27.2 Å². The van der Waals surface area contributed by atoms with Crippen molar-refractivity contribution < 1.29 is 9.66 Å². The zero-order valence-electron chi connectivity index (χ0n) is 11.6. The number of anilines is 1. The third kappa shape index (κ3) is 5.42. The van der Waals surface area contributed by atoms with Gasteiger partial charge in [-0.15, -0.1) is 0 Å². The van der Waals surface area contributed by atoms with Gasteiger partial charge in [0.15, 0.2) is 0 Å². The van der Waals surface area contributed by atoms with Gasteiger partial charge in [0.25, 0.3) is 5.69 Å². The topological polar surface area (TPSA) is 64.4 Å². The van der Waals surface area contributed by atoms with Gasteiger partial charge in [-0.1, -0.05) is 12.2 Å². The van der Waals surface area contributed by atoms with Crippen LogP contribution in [-0.4, -0.2) is 17.6 Å². The van der Waals surface area contributed by atoms with Crippen molar-refractivity contribution in [1.29, 1.82) is 0 Å². The normalized spacial score (nSPS) is 10.9. The number of hydrogen-bond donors (Lipinski definition) is 1. The van der Waals surface area contributed by atoms with E-state index in [0.717, 1.165) is 13.0 Å². The molecule has 0 bridgehead atoms. The van der Waals surface area contributed by atoms with Crippen molar-refractivity contribution in [2.24, 2.45) is 0 Å². The third-order valence-corrected chi connectivity index (χ3v) is 2.35. The highest BCUT2D eigenvalue weighted by Gasteiger charge is 2.11. The van der Waals surface area contributed by atoms with Crippen LogP contribution >= 0.6 is 0 Å². The molecule has 1 aromatic carbocycles. The molecule has 0 fully saturated rings. The number of non-ortho nitro benzene ring substituents is 1. The monoisotopic (exact) mass is 264 g/mol. The summed E-state index contributed by atoms with van der Waals surface area (Å²) in [5, 5.41) is 14.0. The summed E-state index contributed by atoms with van der Waals surface area (Å²) >= 11 is 0. The lowest BCUT2D eigenvalue weighted by molar-refractivity contribution is -0.384. The zero-order valence-corrected chi connectivity index (χ0v) is 11.6. The summed E-state index contributed by atoms with van der Waals surface area (Å²) in [6.45, 7) is 6.46. The molecule has 0 saturated heterocycles. The lowest BCUT2D eigenvalue weighted by atomic mass is 10.2. The largest absolute Gasteiger partial charge is 0.491 e. The summed E-state index contributed by atoms with van der Waals surface area (Å²) in [5.74, 6) is 0.512. The zero-order chi connectivity index (χ0) is 14.3. The van der Waals surface area contributed by atoms with Crippen LogP contribution in [0.25, 0.3) is 0 Å². The molecule has 0 atom stereocenters. The van der Waals surface area contributed by atoms with Crippen LogP contribution in [0, 0.1) is 10.1 Å². The molecule has 5 nitrogen and oxygen atoms in total. The lowest BCUT2D eigenvalue weighted by Crippen LogP contribution is -2.07. The minimum Gasteiger partial charge on any atom is -0.491 e. The Morgan fingerprint density at radius 3 is 2.74 bits per heavy atom. The summed E-state index contributed by atoms with van der Waals surface area (Å²) in [6, 6.07) is 4.74. The lowest BCUT2D eigenvalue weighted by Gasteiger charge is -2.12. The van der Waals surface area contributed by atoms with Crippen LogP contribution in [0.4, 0.5) is 11.4 Å². The average molecular weight is 264 g/mol. The van der Waals surface area contributed by atoms with Crippen molar-refractivity contribution in [2.75, 3.05) is 11.9 Å². The Morgan fingerprint density at radius 1 is 1.42 bits per heavy atom. The Bertz CT molecular complexity index is 456. The van der Waals surface area contributed by atoms with Crippen LogP contribution in [0.15, 0.2) is 30.4 Å². The second-order valence-electron chi connectivity index (χ2n) is 4.42. The standard InChI is InChI=1S/C14H20N2O3/c1-4-5-6-7-15-12-8-13(16(17)18)10-14(9-12)19-11(2)3/h4-5,8-11,15H,6-7H2,1-3H3/b5-4+. The summed E-state index contributed by atoms with van der Waals surface area (Å²) in [6.07, 6.45) is 4.87. The molecule has 1 aromatic rings. The number of ether oxygens (including phenoxy) is 1. The van der Waals surface area contributed by atoms with E-state index in [4.69, 9.17) is 4.74 Å². The smallest absolute Gasteiger partial charge is 0.275 e. The highest BCUT2D eigenvalue weighted by molar-refractivity contribution is 5.56. The summed E-state index contributed by atoms with van der Waals surface area (Å²) in [5.41, 5.74) is 0.737. The molecule has 0 saturated carbocycles. The molecule has 0 aliphatic rings. The molecule has 19 heavy (non-hydrogen) atoms. The van der Waals surface area contributed by atoms with Gasteiger partial charge in [0.05, 0.1) is 17.1 Å². The number of nitro groups is 1. The predicted octanol–water partition coefficient (Wildman–Crippen LogP) is 3.76. The number of allylic oxidation sites excluding steroid dienone is 1. The molecule has 5 heteroatoms. The minimum absolute atomic E-state index is 0.0159. The number of nitro benzene ring substituents is 1. The number of nitrogens with zero attached hydrogens (tertiary/aromatic N) is 1. The van der Waals surface area contributed by atoms with Crippen LogP contribution in [0.2, 0.25) is 0 Å². The molecule has 0 aromatic heterocycles. The van der Waals surface area contributed by atoms with Gasteiger partial charge in [-0.05, 0) is 27.2 Å². The molecular formula is C14H20N2O3. The molecule has 0 aliphatic heterocycles. The Hall–Kier alpha value is -2.04. The maximum atomic E-state index is 10.9. The summed E-state index contributed by atoms with van der Waals surface area (Å²) < 4.78 is 5.51. The SMILES string of the molecule is C/C=C/CCNc1cc(OC(C)C)cc([N+](=O)[O-])c1. The first-order valence-corrected chi connectivity index (χ1v) is 6.34. The van der Waals surface area contributed by atoms with Crippen molar-refractivity contribution >= 4 is 11.4 Å². The Labute approximate surface area is 113 Å². The third-order valence-electron chi connectivity index (χ3n) is 2.35. The maximum absolute atomic E-state index is 10.9. The summed E-state index contributed by atoms with van der Waals surface area (Å²) in [7, 11) is 0.